The second kappa shape index (κ2) is 9.10. The number of benzene rings is 2. The van der Waals surface area contributed by atoms with Crippen molar-refractivity contribution in [2.24, 2.45) is 0 Å². The second-order valence-corrected chi connectivity index (χ2v) is 10.4. The summed E-state index contributed by atoms with van der Waals surface area (Å²) in [6, 6.07) is 11.6. The molecule has 31 heavy (non-hydrogen) atoms. The number of rotatable bonds is 6. The van der Waals surface area contributed by atoms with Gasteiger partial charge in [0.05, 0.1) is 0 Å². The zero-order valence-electron chi connectivity index (χ0n) is 21.3. The molecule has 0 aliphatic carbocycles. The van der Waals surface area contributed by atoms with Gasteiger partial charge >= 0.3 is 0 Å². The van der Waals surface area contributed by atoms with Gasteiger partial charge in [0.1, 0.15) is 6.17 Å². The number of hydrogen-bond acceptors (Lipinski definition) is 2. The number of hydrogen-bond donors (Lipinski definition) is 0. The molecule has 0 saturated carbocycles. The average Bonchev–Trinajstić information content (AvgIpc) is 3.07. The smallest absolute Gasteiger partial charge is 0.107 e. The summed E-state index contributed by atoms with van der Waals surface area (Å²) >= 11 is 0. The van der Waals surface area contributed by atoms with Gasteiger partial charge in [0.15, 0.2) is 0 Å². The van der Waals surface area contributed by atoms with Crippen molar-refractivity contribution in [3.8, 4) is 0 Å². The molecule has 3 rings (SSSR count). The van der Waals surface area contributed by atoms with Gasteiger partial charge in [0.25, 0.3) is 0 Å². The van der Waals surface area contributed by atoms with E-state index in [0.29, 0.717) is 23.7 Å². The molecule has 0 unspecified atom stereocenters. The largest absolute Gasteiger partial charge is 0.325 e. The molecule has 0 spiro atoms. The van der Waals surface area contributed by atoms with Crippen molar-refractivity contribution in [3.63, 3.8) is 0 Å². The molecule has 0 N–H and O–H groups in total. The lowest BCUT2D eigenvalue weighted by atomic mass is 9.89. The van der Waals surface area contributed by atoms with E-state index in [0.717, 1.165) is 0 Å². The maximum atomic E-state index is 2.51. The fourth-order valence-electron chi connectivity index (χ4n) is 4.87. The highest BCUT2D eigenvalue weighted by Crippen LogP contribution is 2.43. The summed E-state index contributed by atoms with van der Waals surface area (Å²) < 4.78 is 0. The standard InChI is InChI=1S/C29H42N2/c1-18(2)24-12-11-13-25(19(3)4)28(24)30-14-15-31(23(30)10)29-26(20(5)6)16-22(9)17-27(29)21(7)8/h11-21,23H,1-10H3/t23-/m0/s1. The molecule has 0 radical (unpaired) electrons. The number of anilines is 2. The monoisotopic (exact) mass is 418 g/mol. The fourth-order valence-corrected chi connectivity index (χ4v) is 4.87. The Balaban J connectivity index is 2.15. The van der Waals surface area contributed by atoms with Crippen LogP contribution in [0.3, 0.4) is 0 Å². The summed E-state index contributed by atoms with van der Waals surface area (Å²) in [7, 11) is 0. The molecular formula is C29H42N2. The summed E-state index contributed by atoms with van der Waals surface area (Å²) in [6.45, 7) is 23.0. The molecule has 168 valence electrons. The first-order valence-electron chi connectivity index (χ1n) is 12.1. The number of aryl methyl sites for hydroxylation is 1. The van der Waals surface area contributed by atoms with Crippen LogP contribution < -0.4 is 9.80 Å². The minimum Gasteiger partial charge on any atom is -0.325 e. The normalized spacial score (nSPS) is 16.6. The Morgan fingerprint density at radius 1 is 0.613 bits per heavy atom. The third-order valence-electron chi connectivity index (χ3n) is 6.61. The van der Waals surface area contributed by atoms with Crippen LogP contribution in [0.25, 0.3) is 0 Å². The minimum atomic E-state index is 0.232. The van der Waals surface area contributed by atoms with Gasteiger partial charge in [-0.1, -0.05) is 91.3 Å². The average molecular weight is 419 g/mol. The maximum Gasteiger partial charge on any atom is 0.107 e. The quantitative estimate of drug-likeness (QED) is 0.463. The van der Waals surface area contributed by atoms with Gasteiger partial charge in [-0.2, -0.15) is 0 Å². The van der Waals surface area contributed by atoms with Crippen molar-refractivity contribution < 1.29 is 0 Å². The SMILES string of the molecule is Cc1cc(C(C)C)c(N2C=CN(c3c(C(C)C)cccc3C(C)C)[C@@H]2C)c(C(C)C)c1. The summed E-state index contributed by atoms with van der Waals surface area (Å²) in [5.41, 5.74) is 9.91. The van der Waals surface area contributed by atoms with Crippen LogP contribution >= 0.6 is 0 Å². The fraction of sp³-hybridized carbons (Fsp3) is 0.517. The van der Waals surface area contributed by atoms with Crippen LogP contribution in [-0.2, 0) is 0 Å². The van der Waals surface area contributed by atoms with E-state index in [1.807, 2.05) is 0 Å². The first-order valence-corrected chi connectivity index (χ1v) is 12.1. The Kier molecular flexibility index (Phi) is 6.88. The molecule has 0 aromatic heterocycles. The van der Waals surface area contributed by atoms with Gasteiger partial charge in [-0.25, -0.2) is 0 Å². The molecule has 1 atom stereocenters. The summed E-state index contributed by atoms with van der Waals surface area (Å²) in [5.74, 6) is 1.94. The van der Waals surface area contributed by atoms with E-state index < -0.39 is 0 Å². The zero-order valence-corrected chi connectivity index (χ0v) is 21.3. The molecule has 1 aliphatic heterocycles. The first-order chi connectivity index (χ1) is 14.5. The van der Waals surface area contributed by atoms with Crippen molar-refractivity contribution >= 4 is 11.4 Å². The second-order valence-electron chi connectivity index (χ2n) is 10.4. The van der Waals surface area contributed by atoms with Crippen LogP contribution in [0.2, 0.25) is 0 Å². The van der Waals surface area contributed by atoms with Crippen molar-refractivity contribution in [2.45, 2.75) is 99.1 Å². The van der Waals surface area contributed by atoms with Crippen LogP contribution in [-0.4, -0.2) is 6.17 Å². The van der Waals surface area contributed by atoms with Crippen LogP contribution in [0, 0.1) is 6.92 Å². The molecule has 2 nitrogen and oxygen atoms in total. The van der Waals surface area contributed by atoms with E-state index in [1.165, 1.54) is 39.2 Å². The molecule has 1 aliphatic rings. The van der Waals surface area contributed by atoms with Gasteiger partial charge in [-0.3, -0.25) is 0 Å². The van der Waals surface area contributed by atoms with Crippen LogP contribution in [0.5, 0.6) is 0 Å². The molecule has 0 fully saturated rings. The maximum absolute atomic E-state index is 2.51. The Morgan fingerprint density at radius 3 is 1.32 bits per heavy atom. The van der Waals surface area contributed by atoms with Crippen LogP contribution in [0.1, 0.15) is 114 Å². The predicted octanol–water partition coefficient (Wildman–Crippen LogP) is 8.63. The summed E-state index contributed by atoms with van der Waals surface area (Å²) in [6.07, 6.45) is 4.83. The molecule has 0 amide bonds. The van der Waals surface area contributed by atoms with Crippen molar-refractivity contribution in [1.82, 2.24) is 0 Å². The summed E-state index contributed by atoms with van der Waals surface area (Å²) in [5, 5.41) is 0. The third kappa shape index (κ3) is 4.40. The van der Waals surface area contributed by atoms with Crippen LogP contribution in [0.4, 0.5) is 11.4 Å². The highest BCUT2D eigenvalue weighted by molar-refractivity contribution is 5.72. The molecule has 0 bridgehead atoms. The predicted molar refractivity (Wildman–Crippen MR) is 138 cm³/mol. The van der Waals surface area contributed by atoms with E-state index in [2.05, 4.69) is 122 Å². The first kappa shape index (κ1) is 23.4. The van der Waals surface area contributed by atoms with E-state index in [1.54, 1.807) is 0 Å². The minimum absolute atomic E-state index is 0.232. The van der Waals surface area contributed by atoms with E-state index in [4.69, 9.17) is 0 Å². The van der Waals surface area contributed by atoms with Crippen molar-refractivity contribution in [1.29, 1.82) is 0 Å². The molecule has 1 heterocycles. The van der Waals surface area contributed by atoms with Gasteiger partial charge in [-0.05, 0) is 59.8 Å². The molecular weight excluding hydrogens is 376 g/mol. The number of para-hydroxylation sites is 1. The lowest BCUT2D eigenvalue weighted by molar-refractivity contribution is 0.712. The molecule has 2 aromatic rings. The Bertz CT molecular complexity index is 894. The number of nitrogens with zero attached hydrogens (tertiary/aromatic N) is 2. The molecule has 0 saturated heterocycles. The lowest BCUT2D eigenvalue weighted by Crippen LogP contribution is -2.38. The van der Waals surface area contributed by atoms with E-state index in [9.17, 15) is 0 Å². The Morgan fingerprint density at radius 2 is 0.968 bits per heavy atom. The van der Waals surface area contributed by atoms with E-state index in [-0.39, 0.29) is 6.17 Å². The Hall–Kier alpha value is -2.22. The van der Waals surface area contributed by atoms with Crippen molar-refractivity contribution in [2.75, 3.05) is 9.80 Å². The molecule has 2 aromatic carbocycles. The zero-order chi connectivity index (χ0) is 23.0. The molecule has 2 heteroatoms. The summed E-state index contributed by atoms with van der Waals surface area (Å²) in [4.78, 5) is 5.00. The van der Waals surface area contributed by atoms with Gasteiger partial charge in [-0.15, -0.1) is 0 Å². The topological polar surface area (TPSA) is 6.48 Å². The van der Waals surface area contributed by atoms with E-state index >= 15 is 0 Å². The van der Waals surface area contributed by atoms with Gasteiger partial charge in [0.2, 0.25) is 0 Å². The van der Waals surface area contributed by atoms with Gasteiger partial charge in [0, 0.05) is 23.8 Å². The highest BCUT2D eigenvalue weighted by atomic mass is 15.4. The highest BCUT2D eigenvalue weighted by Gasteiger charge is 2.32. The van der Waals surface area contributed by atoms with Crippen molar-refractivity contribution in [3.05, 3.63) is 70.5 Å². The Labute approximate surface area is 191 Å². The van der Waals surface area contributed by atoms with Crippen LogP contribution in [0.15, 0.2) is 42.7 Å². The lowest BCUT2D eigenvalue weighted by Gasteiger charge is -2.36. The van der Waals surface area contributed by atoms with Gasteiger partial charge < -0.3 is 9.80 Å². The third-order valence-corrected chi connectivity index (χ3v) is 6.61.